The third-order valence-electron chi connectivity index (χ3n) is 3.28. The first-order chi connectivity index (χ1) is 10.0. The Morgan fingerprint density at radius 2 is 1.71 bits per heavy atom. The van der Waals surface area contributed by atoms with Crippen LogP contribution in [-0.4, -0.2) is 27.7 Å². The molecule has 0 unspecified atom stereocenters. The average Bonchev–Trinajstić information content (AvgIpc) is 2.72. The lowest BCUT2D eigenvalue weighted by molar-refractivity contribution is 0.0565. The summed E-state index contributed by atoms with van der Waals surface area (Å²) in [6, 6.07) is 10.2. The highest BCUT2D eigenvalue weighted by molar-refractivity contribution is 6.32. The van der Waals surface area contributed by atoms with Crippen LogP contribution in [0.3, 0.4) is 0 Å². The number of nitrogen functional groups attached to an aromatic ring is 1. The van der Waals surface area contributed by atoms with E-state index in [1.165, 1.54) is 42.5 Å². The summed E-state index contributed by atoms with van der Waals surface area (Å²) in [4.78, 5) is 37.4. The summed E-state index contributed by atoms with van der Waals surface area (Å²) in [6.07, 6.45) is 0. The number of benzene rings is 2. The van der Waals surface area contributed by atoms with Crippen LogP contribution in [0.2, 0.25) is 0 Å². The van der Waals surface area contributed by atoms with Crippen LogP contribution in [-0.2, 0) is 0 Å². The molecule has 0 saturated carbocycles. The van der Waals surface area contributed by atoms with Crippen molar-refractivity contribution in [2.24, 2.45) is 0 Å². The molecule has 0 spiro atoms. The fourth-order valence-electron chi connectivity index (χ4n) is 2.27. The number of rotatable bonds is 1. The predicted octanol–water partition coefficient (Wildman–Crippen LogP) is 1.41. The number of nitrogens with two attached hydrogens (primary N) is 1. The summed E-state index contributed by atoms with van der Waals surface area (Å²) in [5.74, 6) is -2.69. The van der Waals surface area contributed by atoms with Gasteiger partial charge in [0.15, 0.2) is 0 Å². The van der Waals surface area contributed by atoms with E-state index in [-0.39, 0.29) is 28.1 Å². The molecule has 3 N–H and O–H groups in total. The Hall–Kier alpha value is -3.15. The number of carbonyl (C=O) groups excluding carboxylic acids is 3. The van der Waals surface area contributed by atoms with E-state index in [9.17, 15) is 19.5 Å². The van der Waals surface area contributed by atoms with Gasteiger partial charge in [-0.2, -0.15) is 0 Å². The lowest BCUT2D eigenvalue weighted by Crippen LogP contribution is -2.36. The number of imide groups is 3. The number of fused-ring (bicyclic) bond motifs is 1. The number of phenols is 1. The van der Waals surface area contributed by atoms with Crippen LogP contribution >= 0.6 is 0 Å². The molecule has 0 saturated heterocycles. The van der Waals surface area contributed by atoms with Crippen molar-refractivity contribution in [2.45, 2.75) is 0 Å². The first-order valence-corrected chi connectivity index (χ1v) is 6.12. The van der Waals surface area contributed by atoms with Gasteiger partial charge in [-0.1, -0.05) is 18.2 Å². The van der Waals surface area contributed by atoms with Crippen molar-refractivity contribution in [1.29, 1.82) is 0 Å². The van der Waals surface area contributed by atoms with Crippen molar-refractivity contribution in [3.63, 3.8) is 0 Å². The monoisotopic (exact) mass is 282 g/mol. The number of phenolic OH excluding ortho intramolecular Hbond substituents is 1. The normalized spacial score (nSPS) is 13.4. The van der Waals surface area contributed by atoms with Crippen LogP contribution in [0.4, 0.5) is 5.69 Å². The van der Waals surface area contributed by atoms with Gasteiger partial charge in [0.05, 0.1) is 16.7 Å². The second-order valence-corrected chi connectivity index (χ2v) is 4.54. The van der Waals surface area contributed by atoms with Crippen LogP contribution < -0.4 is 5.73 Å². The highest BCUT2D eigenvalue weighted by Gasteiger charge is 2.41. The highest BCUT2D eigenvalue weighted by atomic mass is 16.3. The molecule has 6 heteroatoms. The summed E-state index contributed by atoms with van der Waals surface area (Å²) in [5, 5.41) is 9.69. The number of para-hydroxylation sites is 1. The van der Waals surface area contributed by atoms with Gasteiger partial charge in [-0.25, -0.2) is 4.90 Å². The van der Waals surface area contributed by atoms with E-state index in [1.807, 2.05) is 0 Å². The van der Waals surface area contributed by atoms with Gasteiger partial charge in [0.1, 0.15) is 5.75 Å². The van der Waals surface area contributed by atoms with E-state index in [0.29, 0.717) is 4.90 Å². The average molecular weight is 282 g/mol. The molecule has 3 amide bonds. The minimum atomic E-state index is -0.876. The summed E-state index contributed by atoms with van der Waals surface area (Å²) >= 11 is 0. The van der Waals surface area contributed by atoms with Crippen LogP contribution in [0.5, 0.6) is 5.75 Å². The second kappa shape index (κ2) is 4.45. The van der Waals surface area contributed by atoms with Crippen LogP contribution in [0.1, 0.15) is 31.1 Å². The Morgan fingerprint density at radius 3 is 2.38 bits per heavy atom. The van der Waals surface area contributed by atoms with E-state index < -0.39 is 17.7 Å². The fraction of sp³-hybridized carbons (Fsp3) is 0. The van der Waals surface area contributed by atoms with Gasteiger partial charge in [-0.05, 0) is 24.3 Å². The van der Waals surface area contributed by atoms with Gasteiger partial charge in [-0.3, -0.25) is 14.4 Å². The molecular weight excluding hydrogens is 272 g/mol. The number of nitrogens with zero attached hydrogens (tertiary/aromatic N) is 1. The number of anilines is 1. The summed E-state index contributed by atoms with van der Waals surface area (Å²) < 4.78 is 0. The third kappa shape index (κ3) is 1.77. The minimum absolute atomic E-state index is 0.0197. The lowest BCUT2D eigenvalue weighted by Gasteiger charge is -2.12. The van der Waals surface area contributed by atoms with E-state index in [2.05, 4.69) is 0 Å². The van der Waals surface area contributed by atoms with Gasteiger partial charge in [0.2, 0.25) is 0 Å². The van der Waals surface area contributed by atoms with Crippen LogP contribution in [0.25, 0.3) is 0 Å². The largest absolute Gasteiger partial charge is 0.507 e. The Bertz CT molecular complexity index is 798. The standard InChI is InChI=1S/C15H10N2O4/c16-10-6-3-5-9-12(10)15(21)17(14(9)20)13(19)8-4-1-2-7-11(8)18/h1-7,18H,16H2. The quantitative estimate of drug-likeness (QED) is 0.608. The van der Waals surface area contributed by atoms with Crippen molar-refractivity contribution in [1.82, 2.24) is 4.90 Å². The predicted molar refractivity (Wildman–Crippen MR) is 73.8 cm³/mol. The van der Waals surface area contributed by atoms with Crippen molar-refractivity contribution < 1.29 is 19.5 Å². The zero-order valence-corrected chi connectivity index (χ0v) is 10.7. The van der Waals surface area contributed by atoms with Crippen molar-refractivity contribution >= 4 is 23.4 Å². The topological polar surface area (TPSA) is 101 Å². The van der Waals surface area contributed by atoms with Gasteiger partial charge < -0.3 is 10.8 Å². The lowest BCUT2D eigenvalue weighted by atomic mass is 10.1. The van der Waals surface area contributed by atoms with Crippen molar-refractivity contribution in [2.75, 3.05) is 5.73 Å². The Labute approximate surface area is 119 Å². The smallest absolute Gasteiger partial charge is 0.271 e. The molecule has 2 aromatic rings. The van der Waals surface area contributed by atoms with Gasteiger partial charge >= 0.3 is 0 Å². The van der Waals surface area contributed by atoms with Gasteiger partial charge in [-0.15, -0.1) is 0 Å². The Balaban J connectivity index is 2.09. The van der Waals surface area contributed by atoms with Gasteiger partial charge in [0.25, 0.3) is 17.7 Å². The van der Waals surface area contributed by atoms with E-state index in [4.69, 9.17) is 5.73 Å². The molecule has 1 aliphatic rings. The molecule has 3 rings (SSSR count). The van der Waals surface area contributed by atoms with Crippen LogP contribution in [0.15, 0.2) is 42.5 Å². The first kappa shape index (κ1) is 12.9. The first-order valence-electron chi connectivity index (χ1n) is 6.12. The maximum Gasteiger partial charge on any atom is 0.271 e. The van der Waals surface area contributed by atoms with Gasteiger partial charge in [0, 0.05) is 5.69 Å². The molecule has 0 radical (unpaired) electrons. The molecule has 0 fully saturated rings. The van der Waals surface area contributed by atoms with Crippen molar-refractivity contribution in [3.05, 3.63) is 59.2 Å². The second-order valence-electron chi connectivity index (χ2n) is 4.54. The molecule has 6 nitrogen and oxygen atoms in total. The third-order valence-corrected chi connectivity index (χ3v) is 3.28. The fourth-order valence-corrected chi connectivity index (χ4v) is 2.27. The molecule has 0 bridgehead atoms. The molecule has 0 aromatic heterocycles. The maximum atomic E-state index is 12.4. The summed E-state index contributed by atoms with van der Waals surface area (Å²) in [6.45, 7) is 0. The van der Waals surface area contributed by atoms with Crippen molar-refractivity contribution in [3.8, 4) is 5.75 Å². The molecule has 0 atom stereocenters. The number of carbonyl (C=O) groups is 3. The molecular formula is C15H10N2O4. The molecule has 0 aliphatic carbocycles. The molecule has 1 heterocycles. The number of aromatic hydroxyl groups is 1. The van der Waals surface area contributed by atoms with Crippen LogP contribution in [0, 0.1) is 0 Å². The molecule has 21 heavy (non-hydrogen) atoms. The zero-order chi connectivity index (χ0) is 15.1. The summed E-state index contributed by atoms with van der Waals surface area (Å²) in [5.41, 5.74) is 5.82. The number of hydrogen-bond acceptors (Lipinski definition) is 5. The molecule has 104 valence electrons. The Morgan fingerprint density at radius 1 is 1.00 bits per heavy atom. The molecule has 1 aliphatic heterocycles. The van der Waals surface area contributed by atoms with E-state index in [0.717, 1.165) is 0 Å². The minimum Gasteiger partial charge on any atom is -0.507 e. The van der Waals surface area contributed by atoms with E-state index in [1.54, 1.807) is 0 Å². The number of hydrogen-bond donors (Lipinski definition) is 2. The van der Waals surface area contributed by atoms with E-state index >= 15 is 0 Å². The molecule has 2 aromatic carbocycles. The Kier molecular flexibility index (Phi) is 2.72. The maximum absolute atomic E-state index is 12.4. The number of amides is 3. The summed E-state index contributed by atoms with van der Waals surface area (Å²) in [7, 11) is 0. The SMILES string of the molecule is Nc1cccc2c1C(=O)N(C(=O)c1ccccc1O)C2=O. The zero-order valence-electron chi connectivity index (χ0n) is 10.7. The highest BCUT2D eigenvalue weighted by Crippen LogP contribution is 2.30.